The Morgan fingerprint density at radius 2 is 1.06 bits per heavy atom. The summed E-state index contributed by atoms with van der Waals surface area (Å²) < 4.78 is 26.5. The van der Waals surface area contributed by atoms with E-state index in [9.17, 15) is 9.59 Å². The third-order valence-corrected chi connectivity index (χ3v) is 4.89. The summed E-state index contributed by atoms with van der Waals surface area (Å²) in [5.74, 6) is -1.04. The van der Waals surface area contributed by atoms with E-state index in [4.69, 9.17) is 33.4 Å². The van der Waals surface area contributed by atoms with Gasteiger partial charge in [-0.15, -0.1) is 0 Å². The summed E-state index contributed by atoms with van der Waals surface area (Å²) in [5.41, 5.74) is 2.09. The number of carbonyl (C=O) groups excluding carboxylic acids is 2. The molecule has 1 aromatic rings. The highest BCUT2D eigenvalue weighted by Gasteiger charge is 2.33. The molecule has 0 spiro atoms. The number of aromatic nitrogens is 1. The van der Waals surface area contributed by atoms with E-state index in [-0.39, 0.29) is 39.3 Å². The lowest BCUT2D eigenvalue weighted by Gasteiger charge is -2.10. The van der Waals surface area contributed by atoms with Gasteiger partial charge in [0.1, 0.15) is 24.6 Å². The highest BCUT2D eigenvalue weighted by atomic mass is 16.7. The maximum atomic E-state index is 12.2. The number of esters is 2. The molecule has 12 heteroatoms. The summed E-state index contributed by atoms with van der Waals surface area (Å²) in [4.78, 5) is 39.5. The van der Waals surface area contributed by atoms with Crippen LogP contribution in [0.1, 0.15) is 24.2 Å². The SMILES string of the molecule is O=C1OCCOCCOCCOCCOC(=O)[C@H]2CC(=NO2)c2cccc(n2)C2=NO[C@@H]1C2. The fourth-order valence-corrected chi connectivity index (χ4v) is 3.20. The van der Waals surface area contributed by atoms with Crippen LogP contribution in [0.2, 0.25) is 0 Å². The monoisotopic (exact) mass is 463 g/mol. The minimum atomic E-state index is -0.842. The van der Waals surface area contributed by atoms with Crippen molar-refractivity contribution in [3.8, 4) is 0 Å². The van der Waals surface area contributed by atoms with Gasteiger partial charge in [-0.05, 0) is 12.1 Å². The second kappa shape index (κ2) is 11.7. The van der Waals surface area contributed by atoms with E-state index in [1.807, 2.05) is 0 Å². The van der Waals surface area contributed by atoms with Gasteiger partial charge in [0.15, 0.2) is 0 Å². The standard InChI is InChI=1S/C21H25N3O9/c25-20-18-12-16(23-32-18)14-2-1-3-15(22-14)17-13-19(33-24-17)21(26)31-11-9-29-7-5-27-4-6-28-8-10-30-20/h1-3,18-19H,4-13H2/t18-,19-/m1/s1. The van der Waals surface area contributed by atoms with Gasteiger partial charge in [0.25, 0.3) is 0 Å². The lowest BCUT2D eigenvalue weighted by atomic mass is 10.1. The second-order valence-electron chi connectivity index (χ2n) is 7.25. The first-order chi connectivity index (χ1) is 16.2. The highest BCUT2D eigenvalue weighted by Crippen LogP contribution is 2.20. The zero-order valence-corrected chi connectivity index (χ0v) is 18.0. The topological polar surface area (TPSA) is 136 Å². The number of rotatable bonds is 0. The molecular weight excluding hydrogens is 438 g/mol. The Kier molecular flexibility index (Phi) is 8.17. The molecule has 0 aliphatic carbocycles. The molecule has 178 valence electrons. The number of oxime groups is 2. The minimum Gasteiger partial charge on any atom is -0.460 e. The average Bonchev–Trinajstić information content (AvgIpc) is 3.52. The number of fused-ring (bicyclic) bond motifs is 8. The molecule has 3 aliphatic rings. The van der Waals surface area contributed by atoms with Gasteiger partial charge in [-0.25, -0.2) is 14.6 Å². The smallest absolute Gasteiger partial charge is 0.350 e. The first-order valence-corrected chi connectivity index (χ1v) is 10.7. The Morgan fingerprint density at radius 1 is 0.636 bits per heavy atom. The number of ether oxygens (including phenoxy) is 5. The summed E-state index contributed by atoms with van der Waals surface area (Å²) in [5, 5.41) is 7.97. The Bertz CT molecular complexity index is 837. The number of hydrogen-bond donors (Lipinski definition) is 0. The van der Waals surface area contributed by atoms with Crippen molar-refractivity contribution in [1.29, 1.82) is 0 Å². The predicted molar refractivity (Wildman–Crippen MR) is 111 cm³/mol. The highest BCUT2D eigenvalue weighted by molar-refractivity contribution is 6.05. The summed E-state index contributed by atoms with van der Waals surface area (Å²) in [6.07, 6.45) is -1.23. The molecule has 3 aliphatic heterocycles. The molecule has 12 nitrogen and oxygen atoms in total. The van der Waals surface area contributed by atoms with Crippen molar-refractivity contribution in [2.45, 2.75) is 25.0 Å². The van der Waals surface area contributed by atoms with E-state index in [0.29, 0.717) is 49.2 Å². The van der Waals surface area contributed by atoms with Crippen LogP contribution >= 0.6 is 0 Å². The van der Waals surface area contributed by atoms with Crippen LogP contribution in [-0.2, 0) is 42.9 Å². The van der Waals surface area contributed by atoms with Gasteiger partial charge < -0.3 is 33.4 Å². The quantitative estimate of drug-likeness (QED) is 0.491. The van der Waals surface area contributed by atoms with Crippen LogP contribution in [0.15, 0.2) is 28.5 Å². The molecular formula is C21H25N3O9. The van der Waals surface area contributed by atoms with Gasteiger partial charge >= 0.3 is 11.9 Å². The van der Waals surface area contributed by atoms with Gasteiger partial charge in [-0.3, -0.25) is 0 Å². The Labute approximate surface area is 189 Å². The van der Waals surface area contributed by atoms with Crippen LogP contribution in [0, 0.1) is 0 Å². The van der Waals surface area contributed by atoms with Crippen molar-refractivity contribution in [3.63, 3.8) is 0 Å². The molecule has 1 aromatic heterocycles. The van der Waals surface area contributed by atoms with Crippen LogP contribution in [0.25, 0.3) is 0 Å². The zero-order valence-electron chi connectivity index (χ0n) is 18.0. The van der Waals surface area contributed by atoms with Gasteiger partial charge in [0.05, 0.1) is 51.0 Å². The van der Waals surface area contributed by atoms with Crippen LogP contribution in [0.3, 0.4) is 0 Å². The molecule has 0 fully saturated rings. The van der Waals surface area contributed by atoms with Gasteiger partial charge in [-0.2, -0.15) is 0 Å². The van der Waals surface area contributed by atoms with Gasteiger partial charge in [-0.1, -0.05) is 16.4 Å². The van der Waals surface area contributed by atoms with Crippen LogP contribution < -0.4 is 0 Å². The lowest BCUT2D eigenvalue weighted by molar-refractivity contribution is -0.157. The van der Waals surface area contributed by atoms with E-state index in [1.54, 1.807) is 18.2 Å². The summed E-state index contributed by atoms with van der Waals surface area (Å²) in [6, 6.07) is 5.28. The Hall–Kier alpha value is -3.09. The van der Waals surface area contributed by atoms with Crippen molar-refractivity contribution in [2.75, 3.05) is 52.9 Å². The van der Waals surface area contributed by atoms with Crippen LogP contribution in [0.5, 0.6) is 0 Å². The molecule has 0 N–H and O–H groups in total. The lowest BCUT2D eigenvalue weighted by Crippen LogP contribution is -2.26. The van der Waals surface area contributed by atoms with Crippen LogP contribution in [0.4, 0.5) is 0 Å². The fraction of sp³-hybridized carbons (Fsp3) is 0.571. The third kappa shape index (κ3) is 6.46. The van der Waals surface area contributed by atoms with Crippen molar-refractivity contribution in [2.24, 2.45) is 10.3 Å². The third-order valence-electron chi connectivity index (χ3n) is 4.89. The summed E-state index contributed by atoms with van der Waals surface area (Å²) in [7, 11) is 0. The number of hydrogen-bond acceptors (Lipinski definition) is 12. The molecule has 2 atom stereocenters. The van der Waals surface area contributed by atoms with Crippen molar-refractivity contribution in [3.05, 3.63) is 29.6 Å². The number of nitrogens with zero attached hydrogens (tertiary/aromatic N) is 3. The first kappa shape index (κ1) is 23.1. The second-order valence-corrected chi connectivity index (χ2v) is 7.25. The van der Waals surface area contributed by atoms with E-state index in [1.165, 1.54) is 0 Å². The molecule has 33 heavy (non-hydrogen) atoms. The number of pyridine rings is 1. The average molecular weight is 463 g/mol. The molecule has 6 bridgehead atoms. The van der Waals surface area contributed by atoms with E-state index in [2.05, 4.69) is 15.3 Å². The van der Waals surface area contributed by atoms with Crippen molar-refractivity contribution >= 4 is 23.4 Å². The van der Waals surface area contributed by atoms with Crippen molar-refractivity contribution < 1.29 is 42.9 Å². The number of carbonyl (C=O) groups is 2. The van der Waals surface area contributed by atoms with Gasteiger partial charge in [0.2, 0.25) is 12.2 Å². The summed E-state index contributed by atoms with van der Waals surface area (Å²) in [6.45, 7) is 2.16. The maximum absolute atomic E-state index is 12.2. The summed E-state index contributed by atoms with van der Waals surface area (Å²) >= 11 is 0. The van der Waals surface area contributed by atoms with Crippen molar-refractivity contribution in [1.82, 2.24) is 4.98 Å². The molecule has 0 saturated heterocycles. The van der Waals surface area contributed by atoms with E-state index < -0.39 is 24.1 Å². The predicted octanol–water partition coefficient (Wildman–Crippen LogP) is 0.217. The first-order valence-electron chi connectivity index (χ1n) is 10.7. The Morgan fingerprint density at radius 3 is 1.52 bits per heavy atom. The fourth-order valence-electron chi connectivity index (χ4n) is 3.20. The Balaban J connectivity index is 1.38. The molecule has 4 heterocycles. The molecule has 4 rings (SSSR count). The number of cyclic esters (lactones) is 2. The largest absolute Gasteiger partial charge is 0.460 e. The normalized spacial score (nSPS) is 25.5. The molecule has 0 aromatic carbocycles. The molecule has 0 saturated carbocycles. The van der Waals surface area contributed by atoms with Gasteiger partial charge in [0, 0.05) is 12.8 Å². The molecule has 0 unspecified atom stereocenters. The molecule has 0 amide bonds. The van der Waals surface area contributed by atoms with E-state index in [0.717, 1.165) is 0 Å². The maximum Gasteiger partial charge on any atom is 0.350 e. The zero-order chi connectivity index (χ0) is 22.9. The molecule has 0 radical (unpaired) electrons. The minimum absolute atomic E-state index is 0.102. The van der Waals surface area contributed by atoms with E-state index >= 15 is 0 Å². The van der Waals surface area contributed by atoms with Crippen LogP contribution in [-0.4, -0.2) is 93.4 Å².